The van der Waals surface area contributed by atoms with E-state index in [2.05, 4.69) is 10.6 Å². The zero-order chi connectivity index (χ0) is 14.8. The maximum Gasteiger partial charge on any atom is 0.251 e. The van der Waals surface area contributed by atoms with Crippen LogP contribution in [-0.4, -0.2) is 16.9 Å². The normalized spacial score (nSPS) is 12.7. The second-order valence-electron chi connectivity index (χ2n) is 4.91. The number of hydrogen-bond acceptors (Lipinski definition) is 3. The summed E-state index contributed by atoms with van der Waals surface area (Å²) in [5, 5.41) is 15.1. The Hall–Kier alpha value is -2.82. The van der Waals surface area contributed by atoms with Crippen LogP contribution >= 0.6 is 0 Å². The standard InChI is InChI=1S/C16H14N2O3/c19-14-4-2-1-3-12(14)9-17-16(21)11-6-5-10-8-15(20)18-13(10)7-11/h1-7,19H,8-9H2,(H,17,21)(H,18,20). The lowest BCUT2D eigenvalue weighted by Gasteiger charge is -2.08. The fourth-order valence-electron chi connectivity index (χ4n) is 2.29. The molecule has 0 radical (unpaired) electrons. The van der Waals surface area contributed by atoms with Crippen LogP contribution in [0.3, 0.4) is 0 Å². The second-order valence-corrected chi connectivity index (χ2v) is 4.91. The van der Waals surface area contributed by atoms with Crippen molar-refractivity contribution in [2.45, 2.75) is 13.0 Å². The van der Waals surface area contributed by atoms with Gasteiger partial charge in [-0.15, -0.1) is 0 Å². The van der Waals surface area contributed by atoms with Crippen molar-refractivity contribution in [2.24, 2.45) is 0 Å². The molecule has 0 spiro atoms. The lowest BCUT2D eigenvalue weighted by atomic mass is 10.1. The molecule has 5 heteroatoms. The topological polar surface area (TPSA) is 78.4 Å². The molecule has 2 aromatic carbocycles. The molecular formula is C16H14N2O3. The monoisotopic (exact) mass is 282 g/mol. The number of amides is 2. The predicted octanol–water partition coefficient (Wildman–Crippen LogP) is 1.82. The Kier molecular flexibility index (Phi) is 3.31. The molecule has 1 aliphatic heterocycles. The van der Waals surface area contributed by atoms with Crippen LogP contribution in [0.15, 0.2) is 42.5 Å². The van der Waals surface area contributed by atoms with Crippen LogP contribution in [0.1, 0.15) is 21.5 Å². The van der Waals surface area contributed by atoms with E-state index >= 15 is 0 Å². The first-order valence-electron chi connectivity index (χ1n) is 6.61. The summed E-state index contributed by atoms with van der Waals surface area (Å²) >= 11 is 0. The average molecular weight is 282 g/mol. The minimum atomic E-state index is -0.248. The molecule has 0 aromatic heterocycles. The highest BCUT2D eigenvalue weighted by molar-refractivity contribution is 6.02. The fourth-order valence-corrected chi connectivity index (χ4v) is 2.29. The number of fused-ring (bicyclic) bond motifs is 1. The molecule has 0 aliphatic carbocycles. The van der Waals surface area contributed by atoms with Crippen molar-refractivity contribution >= 4 is 17.5 Å². The maximum absolute atomic E-state index is 12.1. The van der Waals surface area contributed by atoms with Crippen molar-refractivity contribution in [3.63, 3.8) is 0 Å². The van der Waals surface area contributed by atoms with Crippen LogP contribution < -0.4 is 10.6 Å². The highest BCUT2D eigenvalue weighted by Gasteiger charge is 2.19. The van der Waals surface area contributed by atoms with Crippen molar-refractivity contribution in [1.29, 1.82) is 0 Å². The lowest BCUT2D eigenvalue weighted by molar-refractivity contribution is -0.115. The largest absolute Gasteiger partial charge is 0.508 e. The molecule has 21 heavy (non-hydrogen) atoms. The zero-order valence-corrected chi connectivity index (χ0v) is 11.2. The fraction of sp³-hybridized carbons (Fsp3) is 0.125. The van der Waals surface area contributed by atoms with Gasteiger partial charge in [-0.1, -0.05) is 24.3 Å². The summed E-state index contributed by atoms with van der Waals surface area (Å²) in [6.45, 7) is 0.245. The first-order valence-corrected chi connectivity index (χ1v) is 6.61. The number of nitrogens with one attached hydrogen (secondary N) is 2. The van der Waals surface area contributed by atoms with Gasteiger partial charge < -0.3 is 15.7 Å². The zero-order valence-electron chi connectivity index (χ0n) is 11.2. The summed E-state index contributed by atoms with van der Waals surface area (Å²) < 4.78 is 0. The van der Waals surface area contributed by atoms with Gasteiger partial charge >= 0.3 is 0 Å². The van der Waals surface area contributed by atoms with Crippen LogP contribution in [0.4, 0.5) is 5.69 Å². The number of benzene rings is 2. The summed E-state index contributed by atoms with van der Waals surface area (Å²) in [6.07, 6.45) is 0.356. The predicted molar refractivity (Wildman–Crippen MR) is 78.1 cm³/mol. The molecule has 0 saturated heterocycles. The molecule has 0 saturated carbocycles. The van der Waals surface area contributed by atoms with E-state index in [1.54, 1.807) is 42.5 Å². The van der Waals surface area contributed by atoms with Gasteiger partial charge in [0.15, 0.2) is 0 Å². The van der Waals surface area contributed by atoms with Crippen molar-refractivity contribution in [2.75, 3.05) is 5.32 Å². The Morgan fingerprint density at radius 2 is 2.05 bits per heavy atom. The molecule has 3 rings (SSSR count). The van der Waals surface area contributed by atoms with Crippen LogP contribution in [0.2, 0.25) is 0 Å². The minimum absolute atomic E-state index is 0.0585. The smallest absolute Gasteiger partial charge is 0.251 e. The third-order valence-corrected chi connectivity index (χ3v) is 3.43. The van der Waals surface area contributed by atoms with E-state index in [1.165, 1.54) is 0 Å². The Balaban J connectivity index is 1.71. The third-order valence-electron chi connectivity index (χ3n) is 3.43. The Morgan fingerprint density at radius 3 is 2.86 bits per heavy atom. The number of hydrogen-bond donors (Lipinski definition) is 3. The van der Waals surface area contributed by atoms with Crippen molar-refractivity contribution < 1.29 is 14.7 Å². The molecule has 0 fully saturated rings. The summed E-state index contributed by atoms with van der Waals surface area (Å²) in [6, 6.07) is 12.0. The van der Waals surface area contributed by atoms with Crippen LogP contribution in [0.25, 0.3) is 0 Å². The van der Waals surface area contributed by atoms with Gasteiger partial charge in [0.05, 0.1) is 6.42 Å². The molecule has 106 valence electrons. The number of anilines is 1. The second kappa shape index (κ2) is 5.28. The summed E-state index contributed by atoms with van der Waals surface area (Å²) in [5.74, 6) is -0.155. The van der Waals surface area contributed by atoms with Crippen LogP contribution in [-0.2, 0) is 17.8 Å². The van der Waals surface area contributed by atoms with Gasteiger partial charge in [-0.25, -0.2) is 0 Å². The molecule has 5 nitrogen and oxygen atoms in total. The van der Waals surface area contributed by atoms with E-state index in [0.717, 1.165) is 5.56 Å². The molecule has 2 amide bonds. The van der Waals surface area contributed by atoms with E-state index < -0.39 is 0 Å². The lowest BCUT2D eigenvalue weighted by Crippen LogP contribution is -2.22. The van der Waals surface area contributed by atoms with Gasteiger partial charge in [0.1, 0.15) is 5.75 Å². The summed E-state index contributed by atoms with van der Waals surface area (Å²) in [5.41, 5.74) is 2.72. The maximum atomic E-state index is 12.1. The molecule has 1 aliphatic rings. The van der Waals surface area contributed by atoms with E-state index in [0.29, 0.717) is 23.2 Å². The van der Waals surface area contributed by atoms with Crippen LogP contribution in [0, 0.1) is 0 Å². The third kappa shape index (κ3) is 2.72. The van der Waals surface area contributed by atoms with E-state index in [1.807, 2.05) is 0 Å². The Bertz CT molecular complexity index is 725. The van der Waals surface area contributed by atoms with Crippen LogP contribution in [0.5, 0.6) is 5.75 Å². The minimum Gasteiger partial charge on any atom is -0.508 e. The van der Waals surface area contributed by atoms with Gasteiger partial charge in [0, 0.05) is 23.4 Å². The highest BCUT2D eigenvalue weighted by atomic mass is 16.3. The SMILES string of the molecule is O=C1Cc2ccc(C(=O)NCc3ccccc3O)cc2N1. The number of aromatic hydroxyl groups is 1. The number of rotatable bonds is 3. The number of phenolic OH excluding ortho intramolecular Hbond substituents is 1. The molecule has 0 atom stereocenters. The van der Waals surface area contributed by atoms with E-state index in [-0.39, 0.29) is 24.1 Å². The Labute approximate surface area is 121 Å². The molecule has 0 unspecified atom stereocenters. The van der Waals surface area contributed by atoms with E-state index in [9.17, 15) is 14.7 Å². The van der Waals surface area contributed by atoms with Crippen molar-refractivity contribution in [3.8, 4) is 5.75 Å². The van der Waals surface area contributed by atoms with Gasteiger partial charge in [-0.05, 0) is 23.8 Å². The molecule has 2 aromatic rings. The Morgan fingerprint density at radius 1 is 1.24 bits per heavy atom. The summed E-state index contributed by atoms with van der Waals surface area (Å²) in [4.78, 5) is 23.4. The quantitative estimate of drug-likeness (QED) is 0.803. The number of phenols is 1. The van der Waals surface area contributed by atoms with Gasteiger partial charge in [-0.3, -0.25) is 9.59 Å². The molecule has 1 heterocycles. The van der Waals surface area contributed by atoms with Gasteiger partial charge in [0.2, 0.25) is 5.91 Å². The van der Waals surface area contributed by atoms with Crippen molar-refractivity contribution in [3.05, 3.63) is 59.2 Å². The number of carbonyl (C=O) groups is 2. The molecule has 0 bridgehead atoms. The number of para-hydroxylation sites is 1. The molecule has 3 N–H and O–H groups in total. The van der Waals surface area contributed by atoms with Gasteiger partial charge in [0.25, 0.3) is 5.91 Å². The molecular weight excluding hydrogens is 268 g/mol. The number of carbonyl (C=O) groups excluding carboxylic acids is 2. The van der Waals surface area contributed by atoms with Gasteiger partial charge in [-0.2, -0.15) is 0 Å². The van der Waals surface area contributed by atoms with Crippen molar-refractivity contribution in [1.82, 2.24) is 5.32 Å². The van der Waals surface area contributed by atoms with E-state index in [4.69, 9.17) is 0 Å². The first kappa shape index (κ1) is 13.2. The first-order chi connectivity index (χ1) is 10.1. The highest BCUT2D eigenvalue weighted by Crippen LogP contribution is 2.24. The summed E-state index contributed by atoms with van der Waals surface area (Å²) in [7, 11) is 0. The average Bonchev–Trinajstić information content (AvgIpc) is 2.85.